The molecule has 5 heterocycles. The van der Waals surface area contributed by atoms with E-state index in [-0.39, 0.29) is 5.41 Å². The number of fused-ring (bicyclic) bond motifs is 1. The Bertz CT molecular complexity index is 1790. The van der Waals surface area contributed by atoms with Crippen LogP contribution in [0.1, 0.15) is 48.8 Å². The summed E-state index contributed by atoms with van der Waals surface area (Å²) in [6, 6.07) is 10.2. The first-order valence-corrected chi connectivity index (χ1v) is 13.8. The maximum Gasteiger partial charge on any atom is 0.161 e. The van der Waals surface area contributed by atoms with E-state index in [4.69, 9.17) is 9.97 Å². The van der Waals surface area contributed by atoms with E-state index in [2.05, 4.69) is 78.1 Å². The van der Waals surface area contributed by atoms with Gasteiger partial charge in [-0.1, -0.05) is 52.7 Å². The summed E-state index contributed by atoms with van der Waals surface area (Å²) in [6.07, 6.45) is 7.37. The fraction of sp³-hybridized carbons (Fsp3) is 0.188. The average Bonchev–Trinajstić information content (AvgIpc) is 3.65. The Balaban J connectivity index is 1.52. The Hall–Kier alpha value is -4.56. The number of H-pyrrole nitrogens is 2. The lowest BCUT2D eigenvalue weighted by Crippen LogP contribution is -2.15. The number of thiophene rings is 1. The van der Waals surface area contributed by atoms with Crippen LogP contribution >= 0.6 is 11.3 Å². The molecule has 0 saturated heterocycles. The summed E-state index contributed by atoms with van der Waals surface area (Å²) in [5.41, 5.74) is 9.39. The van der Waals surface area contributed by atoms with E-state index in [9.17, 15) is 0 Å². The van der Waals surface area contributed by atoms with Crippen molar-refractivity contribution in [1.29, 1.82) is 0 Å². The van der Waals surface area contributed by atoms with Gasteiger partial charge in [-0.05, 0) is 49.8 Å². The SMILES string of the molecule is C=C/C=C(/c1ccc(C(=C)C)s1)c1nc(-c2n[nH]c3ccc(-c4cncc(NC(=C)C(C)(C)C)c4)nc23)[nH]c1C. The number of rotatable bonds is 8. The molecule has 0 fully saturated rings. The zero-order valence-corrected chi connectivity index (χ0v) is 24.3. The minimum Gasteiger partial charge on any atom is -0.358 e. The summed E-state index contributed by atoms with van der Waals surface area (Å²) in [4.78, 5) is 20.1. The van der Waals surface area contributed by atoms with Crippen LogP contribution in [0.3, 0.4) is 0 Å². The summed E-state index contributed by atoms with van der Waals surface area (Å²) in [7, 11) is 0. The smallest absolute Gasteiger partial charge is 0.161 e. The van der Waals surface area contributed by atoms with Crippen LogP contribution in [-0.2, 0) is 0 Å². The minimum atomic E-state index is -0.0734. The molecule has 40 heavy (non-hydrogen) atoms. The second kappa shape index (κ2) is 10.5. The van der Waals surface area contributed by atoms with Crippen LogP contribution < -0.4 is 5.32 Å². The van der Waals surface area contributed by atoms with Crippen molar-refractivity contribution >= 4 is 39.2 Å². The number of imidazole rings is 1. The maximum atomic E-state index is 4.98. The molecular formula is C32H33N7S. The van der Waals surface area contributed by atoms with Crippen molar-refractivity contribution in [2.75, 3.05) is 5.32 Å². The van der Waals surface area contributed by atoms with Crippen molar-refractivity contribution in [1.82, 2.24) is 30.1 Å². The standard InChI is InChI=1S/C32H33N7S/c1-9-10-23(27-14-13-26(40-27)18(2)3)28-19(4)34-31(37-28)30-29-25(38-39-30)12-11-24(36-29)21-15-22(17-33-16-21)35-20(5)32(6,7)8/h9-17,35H,1-2,5H2,3-4,6-8H3,(H,34,37)(H,38,39)/b23-10-. The van der Waals surface area contributed by atoms with Crippen molar-refractivity contribution in [3.8, 4) is 22.8 Å². The lowest BCUT2D eigenvalue weighted by molar-refractivity contribution is 0.509. The summed E-state index contributed by atoms with van der Waals surface area (Å²) in [5, 5.41) is 11.1. The molecule has 0 aliphatic carbocycles. The molecule has 5 rings (SSSR count). The maximum absolute atomic E-state index is 4.98. The lowest BCUT2D eigenvalue weighted by Gasteiger charge is -2.23. The third-order valence-electron chi connectivity index (χ3n) is 6.58. The van der Waals surface area contributed by atoms with Gasteiger partial charge in [0.15, 0.2) is 11.5 Å². The molecular weight excluding hydrogens is 514 g/mol. The van der Waals surface area contributed by atoms with Gasteiger partial charge in [0.2, 0.25) is 0 Å². The van der Waals surface area contributed by atoms with Crippen LogP contribution in [0.25, 0.3) is 45.0 Å². The summed E-state index contributed by atoms with van der Waals surface area (Å²) in [5.74, 6) is 0.644. The Morgan fingerprint density at radius 3 is 2.52 bits per heavy atom. The molecule has 7 nitrogen and oxygen atoms in total. The Labute approximate surface area is 238 Å². The molecule has 3 N–H and O–H groups in total. The number of pyridine rings is 2. The molecule has 5 aromatic heterocycles. The van der Waals surface area contributed by atoms with Crippen LogP contribution in [0.5, 0.6) is 0 Å². The third-order valence-corrected chi connectivity index (χ3v) is 7.86. The molecule has 0 saturated carbocycles. The largest absolute Gasteiger partial charge is 0.358 e. The van der Waals surface area contributed by atoms with Gasteiger partial charge in [-0.2, -0.15) is 5.10 Å². The number of aromatic amines is 2. The summed E-state index contributed by atoms with van der Waals surface area (Å²) >= 11 is 1.69. The Kier molecular flexibility index (Phi) is 7.12. The van der Waals surface area contributed by atoms with Crippen LogP contribution in [0.2, 0.25) is 0 Å². The minimum absolute atomic E-state index is 0.0734. The molecule has 0 aromatic carbocycles. The van der Waals surface area contributed by atoms with Gasteiger partial charge in [0.05, 0.1) is 28.8 Å². The van der Waals surface area contributed by atoms with Gasteiger partial charge in [0, 0.05) is 43.9 Å². The fourth-order valence-electron chi connectivity index (χ4n) is 4.18. The van der Waals surface area contributed by atoms with E-state index >= 15 is 0 Å². The number of hydrogen-bond acceptors (Lipinski definition) is 6. The van der Waals surface area contributed by atoms with E-state index in [1.165, 1.54) is 0 Å². The normalized spacial score (nSPS) is 12.1. The molecule has 5 aromatic rings. The first-order valence-electron chi connectivity index (χ1n) is 13.0. The van der Waals surface area contributed by atoms with Crippen molar-refractivity contribution in [3.05, 3.63) is 101 Å². The molecule has 0 radical (unpaired) electrons. The number of nitrogens with zero attached hydrogens (tertiary/aromatic N) is 4. The number of allylic oxidation sites excluding steroid dienone is 4. The molecule has 0 aliphatic heterocycles. The molecule has 0 bridgehead atoms. The number of aryl methyl sites for hydroxylation is 1. The van der Waals surface area contributed by atoms with E-state index < -0.39 is 0 Å². The number of hydrogen-bond donors (Lipinski definition) is 3. The second-order valence-corrected chi connectivity index (χ2v) is 11.9. The molecule has 0 aliphatic rings. The van der Waals surface area contributed by atoms with Crippen LogP contribution in [0.4, 0.5) is 5.69 Å². The monoisotopic (exact) mass is 547 g/mol. The van der Waals surface area contributed by atoms with Crippen LogP contribution in [0, 0.1) is 12.3 Å². The van der Waals surface area contributed by atoms with Crippen molar-refractivity contribution < 1.29 is 0 Å². The third kappa shape index (κ3) is 5.31. The highest BCUT2D eigenvalue weighted by molar-refractivity contribution is 7.14. The van der Waals surface area contributed by atoms with Gasteiger partial charge in [-0.25, -0.2) is 9.97 Å². The first kappa shape index (κ1) is 27.0. The van der Waals surface area contributed by atoms with Gasteiger partial charge in [-0.15, -0.1) is 11.3 Å². The molecule has 202 valence electrons. The lowest BCUT2D eigenvalue weighted by atomic mass is 9.93. The van der Waals surface area contributed by atoms with Crippen molar-refractivity contribution in [3.63, 3.8) is 0 Å². The van der Waals surface area contributed by atoms with Gasteiger partial charge in [0.25, 0.3) is 0 Å². The molecule has 0 amide bonds. The molecule has 0 spiro atoms. The highest BCUT2D eigenvalue weighted by Gasteiger charge is 2.20. The summed E-state index contributed by atoms with van der Waals surface area (Å²) in [6.45, 7) is 22.6. The fourth-order valence-corrected chi connectivity index (χ4v) is 5.14. The molecule has 0 unspecified atom stereocenters. The first-order chi connectivity index (χ1) is 19.0. The van der Waals surface area contributed by atoms with Gasteiger partial charge >= 0.3 is 0 Å². The zero-order valence-electron chi connectivity index (χ0n) is 23.5. The van der Waals surface area contributed by atoms with E-state index in [1.807, 2.05) is 38.1 Å². The van der Waals surface area contributed by atoms with E-state index in [1.54, 1.807) is 29.8 Å². The predicted octanol–water partition coefficient (Wildman–Crippen LogP) is 8.40. The highest BCUT2D eigenvalue weighted by atomic mass is 32.1. The Morgan fingerprint density at radius 2 is 1.82 bits per heavy atom. The average molecular weight is 548 g/mol. The zero-order chi connectivity index (χ0) is 28.6. The summed E-state index contributed by atoms with van der Waals surface area (Å²) < 4.78 is 0. The van der Waals surface area contributed by atoms with Gasteiger partial charge < -0.3 is 10.3 Å². The number of anilines is 1. The van der Waals surface area contributed by atoms with E-state index in [0.717, 1.165) is 66.0 Å². The quantitative estimate of drug-likeness (QED) is 0.170. The highest BCUT2D eigenvalue weighted by Crippen LogP contribution is 2.35. The van der Waals surface area contributed by atoms with Gasteiger partial charge in [0.1, 0.15) is 5.52 Å². The van der Waals surface area contributed by atoms with E-state index in [0.29, 0.717) is 11.5 Å². The number of nitrogens with one attached hydrogen (secondary N) is 3. The topological polar surface area (TPSA) is 95.2 Å². The van der Waals surface area contributed by atoms with Crippen molar-refractivity contribution in [2.24, 2.45) is 5.41 Å². The number of aromatic nitrogens is 6. The van der Waals surface area contributed by atoms with Crippen molar-refractivity contribution in [2.45, 2.75) is 34.6 Å². The second-order valence-electron chi connectivity index (χ2n) is 10.8. The predicted molar refractivity (Wildman–Crippen MR) is 168 cm³/mol. The van der Waals surface area contributed by atoms with Crippen LogP contribution in [0.15, 0.2) is 80.3 Å². The van der Waals surface area contributed by atoms with Crippen LogP contribution in [-0.4, -0.2) is 30.1 Å². The molecule has 0 atom stereocenters. The Morgan fingerprint density at radius 1 is 1.05 bits per heavy atom. The van der Waals surface area contributed by atoms with Gasteiger partial charge in [-0.3, -0.25) is 10.1 Å². The molecule has 8 heteroatoms.